The third-order valence-electron chi connectivity index (χ3n) is 3.30. The number of hydrogen-bond donors (Lipinski definition) is 2. The molecule has 0 saturated heterocycles. The van der Waals surface area contributed by atoms with Crippen LogP contribution in [0.2, 0.25) is 5.02 Å². The minimum atomic E-state index is -0.318. The maximum absolute atomic E-state index is 12.4. The van der Waals surface area contributed by atoms with Gasteiger partial charge in [-0.3, -0.25) is 9.59 Å². The van der Waals surface area contributed by atoms with E-state index in [1.54, 1.807) is 23.6 Å². The quantitative estimate of drug-likeness (QED) is 0.699. The summed E-state index contributed by atoms with van der Waals surface area (Å²) in [5, 5.41) is 8.20. The molecule has 0 radical (unpaired) electrons. The average Bonchev–Trinajstić information content (AvgIpc) is 3.08. The van der Waals surface area contributed by atoms with Crippen LogP contribution in [0.1, 0.15) is 17.4 Å². The smallest absolute Gasteiger partial charge is 0.275 e. The van der Waals surface area contributed by atoms with Crippen LogP contribution in [0, 0.1) is 0 Å². The van der Waals surface area contributed by atoms with Crippen molar-refractivity contribution in [1.82, 2.24) is 4.98 Å². The highest BCUT2D eigenvalue weighted by atomic mass is 35.5. The molecule has 2 N–H and O–H groups in total. The number of aromatic nitrogens is 1. The normalized spacial score (nSPS) is 10.3. The fraction of sp³-hybridized carbons (Fsp3) is 0.0556. The molecule has 0 aliphatic rings. The summed E-state index contributed by atoms with van der Waals surface area (Å²) >= 11 is 7.52. The molecular weight excluding hydrogens is 358 g/mol. The van der Waals surface area contributed by atoms with E-state index in [1.807, 2.05) is 30.3 Å². The lowest BCUT2D eigenvalue weighted by Gasteiger charge is -2.08. The molecule has 0 aliphatic carbocycles. The largest absolute Gasteiger partial charge is 0.325 e. The molecule has 0 atom stereocenters. The number of benzene rings is 2. The number of hydrogen-bond acceptors (Lipinski definition) is 4. The molecule has 3 aromatic rings. The Labute approximate surface area is 153 Å². The molecule has 1 heterocycles. The predicted octanol–water partition coefficient (Wildman–Crippen LogP) is 4.67. The fourth-order valence-corrected chi connectivity index (χ4v) is 3.20. The SMILES string of the molecule is CC(=O)Nc1ccc(NC(=O)c2csc(-c3ccccc3)n2)cc1Cl. The summed E-state index contributed by atoms with van der Waals surface area (Å²) < 4.78 is 0. The van der Waals surface area contributed by atoms with Crippen molar-refractivity contribution in [3.63, 3.8) is 0 Å². The van der Waals surface area contributed by atoms with Crippen molar-refractivity contribution in [3.05, 3.63) is 64.6 Å². The molecule has 2 amide bonds. The van der Waals surface area contributed by atoms with Crippen molar-refractivity contribution in [2.75, 3.05) is 10.6 Å². The van der Waals surface area contributed by atoms with Gasteiger partial charge in [0, 0.05) is 23.6 Å². The van der Waals surface area contributed by atoms with Gasteiger partial charge in [-0.25, -0.2) is 4.98 Å². The lowest BCUT2D eigenvalue weighted by atomic mass is 10.2. The first-order valence-electron chi connectivity index (χ1n) is 7.42. The summed E-state index contributed by atoms with van der Waals surface area (Å²) in [4.78, 5) is 27.8. The maximum Gasteiger partial charge on any atom is 0.275 e. The monoisotopic (exact) mass is 371 g/mol. The molecule has 126 valence electrons. The van der Waals surface area contributed by atoms with Crippen LogP contribution in [0.3, 0.4) is 0 Å². The highest BCUT2D eigenvalue weighted by Crippen LogP contribution is 2.27. The van der Waals surface area contributed by atoms with Gasteiger partial charge in [-0.1, -0.05) is 41.9 Å². The molecule has 0 saturated carbocycles. The van der Waals surface area contributed by atoms with Gasteiger partial charge in [0.05, 0.1) is 10.7 Å². The molecule has 5 nitrogen and oxygen atoms in total. The van der Waals surface area contributed by atoms with Crippen LogP contribution in [0.15, 0.2) is 53.9 Å². The van der Waals surface area contributed by atoms with Crippen molar-refractivity contribution in [2.24, 2.45) is 0 Å². The third-order valence-corrected chi connectivity index (χ3v) is 4.50. The van der Waals surface area contributed by atoms with Gasteiger partial charge in [0.2, 0.25) is 5.91 Å². The van der Waals surface area contributed by atoms with Crippen LogP contribution in [-0.2, 0) is 4.79 Å². The molecule has 0 aliphatic heterocycles. The number of carbonyl (C=O) groups is 2. The van der Waals surface area contributed by atoms with Gasteiger partial charge in [-0.05, 0) is 18.2 Å². The second-order valence-electron chi connectivity index (χ2n) is 5.23. The van der Waals surface area contributed by atoms with E-state index in [9.17, 15) is 9.59 Å². The summed E-state index contributed by atoms with van der Waals surface area (Å²) in [5.41, 5.74) is 2.32. The molecule has 1 aromatic heterocycles. The number of nitrogens with zero attached hydrogens (tertiary/aromatic N) is 1. The number of halogens is 1. The first kappa shape index (κ1) is 17.1. The Hall–Kier alpha value is -2.70. The highest BCUT2D eigenvalue weighted by molar-refractivity contribution is 7.13. The van der Waals surface area contributed by atoms with Gasteiger partial charge in [-0.15, -0.1) is 11.3 Å². The van der Waals surface area contributed by atoms with Gasteiger partial charge in [0.25, 0.3) is 5.91 Å². The maximum atomic E-state index is 12.4. The van der Waals surface area contributed by atoms with E-state index in [1.165, 1.54) is 18.3 Å². The van der Waals surface area contributed by atoms with Crippen LogP contribution in [0.25, 0.3) is 10.6 Å². The van der Waals surface area contributed by atoms with Crippen LogP contribution < -0.4 is 10.6 Å². The number of amides is 2. The molecule has 0 unspecified atom stereocenters. The lowest BCUT2D eigenvalue weighted by molar-refractivity contribution is -0.114. The minimum absolute atomic E-state index is 0.213. The summed E-state index contributed by atoms with van der Waals surface area (Å²) in [6, 6.07) is 14.6. The zero-order valence-corrected chi connectivity index (χ0v) is 14.8. The fourth-order valence-electron chi connectivity index (χ4n) is 2.17. The van der Waals surface area contributed by atoms with E-state index in [4.69, 9.17) is 11.6 Å². The number of thiazole rings is 1. The van der Waals surface area contributed by atoms with Gasteiger partial charge >= 0.3 is 0 Å². The standard InChI is InChI=1S/C18H14ClN3O2S/c1-11(23)20-15-8-7-13(9-14(15)19)21-17(24)16-10-25-18(22-16)12-5-3-2-4-6-12/h2-10H,1H3,(H,20,23)(H,21,24). The first-order valence-corrected chi connectivity index (χ1v) is 8.68. The first-order chi connectivity index (χ1) is 12.0. The van der Waals surface area contributed by atoms with E-state index < -0.39 is 0 Å². The average molecular weight is 372 g/mol. The molecule has 3 rings (SSSR count). The number of carbonyl (C=O) groups excluding carboxylic acids is 2. The van der Waals surface area contributed by atoms with Gasteiger partial charge in [0.15, 0.2) is 0 Å². The van der Waals surface area contributed by atoms with E-state index in [-0.39, 0.29) is 11.8 Å². The van der Waals surface area contributed by atoms with Crippen molar-refractivity contribution in [1.29, 1.82) is 0 Å². The van der Waals surface area contributed by atoms with Crippen molar-refractivity contribution >= 4 is 46.1 Å². The Morgan fingerprint density at radius 3 is 2.52 bits per heavy atom. The zero-order valence-electron chi connectivity index (χ0n) is 13.2. The lowest BCUT2D eigenvalue weighted by Crippen LogP contribution is -2.12. The topological polar surface area (TPSA) is 71.1 Å². The van der Waals surface area contributed by atoms with Crippen LogP contribution in [-0.4, -0.2) is 16.8 Å². The van der Waals surface area contributed by atoms with Gasteiger partial charge in [0.1, 0.15) is 10.7 Å². The molecule has 2 aromatic carbocycles. The summed E-state index contributed by atoms with van der Waals surface area (Å²) in [6.45, 7) is 1.40. The summed E-state index contributed by atoms with van der Waals surface area (Å²) in [7, 11) is 0. The Bertz CT molecular complexity index is 925. The number of nitrogens with one attached hydrogen (secondary N) is 2. The van der Waals surface area contributed by atoms with Gasteiger partial charge in [-0.2, -0.15) is 0 Å². The Morgan fingerprint density at radius 1 is 1.08 bits per heavy atom. The van der Waals surface area contributed by atoms with E-state index in [2.05, 4.69) is 15.6 Å². The Morgan fingerprint density at radius 2 is 1.84 bits per heavy atom. The predicted molar refractivity (Wildman–Crippen MR) is 101 cm³/mol. The van der Waals surface area contributed by atoms with Crippen LogP contribution in [0.5, 0.6) is 0 Å². The minimum Gasteiger partial charge on any atom is -0.325 e. The highest BCUT2D eigenvalue weighted by Gasteiger charge is 2.13. The summed E-state index contributed by atoms with van der Waals surface area (Å²) in [5.74, 6) is -0.531. The third kappa shape index (κ3) is 4.23. The van der Waals surface area contributed by atoms with Crippen molar-refractivity contribution in [2.45, 2.75) is 6.92 Å². The Balaban J connectivity index is 1.73. The molecular formula is C18H14ClN3O2S. The molecule has 25 heavy (non-hydrogen) atoms. The number of anilines is 2. The molecule has 0 spiro atoms. The van der Waals surface area contributed by atoms with Crippen LogP contribution >= 0.6 is 22.9 Å². The summed E-state index contributed by atoms with van der Waals surface area (Å²) in [6.07, 6.45) is 0. The van der Waals surface area contributed by atoms with E-state index >= 15 is 0 Å². The second-order valence-corrected chi connectivity index (χ2v) is 6.50. The van der Waals surface area contributed by atoms with Crippen molar-refractivity contribution in [3.8, 4) is 10.6 Å². The molecule has 0 bridgehead atoms. The second kappa shape index (κ2) is 7.46. The van der Waals surface area contributed by atoms with Crippen molar-refractivity contribution < 1.29 is 9.59 Å². The zero-order chi connectivity index (χ0) is 17.8. The molecule has 0 fully saturated rings. The number of rotatable bonds is 4. The van der Waals surface area contributed by atoms with E-state index in [0.717, 1.165) is 10.6 Å². The van der Waals surface area contributed by atoms with E-state index in [0.29, 0.717) is 22.1 Å². The Kier molecular flexibility index (Phi) is 5.11. The van der Waals surface area contributed by atoms with Crippen LogP contribution in [0.4, 0.5) is 11.4 Å². The van der Waals surface area contributed by atoms with Gasteiger partial charge < -0.3 is 10.6 Å². The molecule has 7 heteroatoms.